The lowest BCUT2D eigenvalue weighted by Crippen LogP contribution is -2.47. The number of amides is 2. The highest BCUT2D eigenvalue weighted by molar-refractivity contribution is 5.77. The Bertz CT molecular complexity index is 605. The van der Waals surface area contributed by atoms with Gasteiger partial charge >= 0.3 is 6.03 Å². The molecular formula is C18H27N5O2. The lowest BCUT2D eigenvalue weighted by atomic mass is 9.73. The van der Waals surface area contributed by atoms with E-state index in [1.165, 1.54) is 38.4 Å². The Balaban J connectivity index is 1.69. The van der Waals surface area contributed by atoms with E-state index in [1.54, 1.807) is 11.1 Å². The molecule has 7 nitrogen and oxygen atoms in total. The fraction of sp³-hybridized carbons (Fsp3) is 0.722. The van der Waals surface area contributed by atoms with Crippen molar-refractivity contribution in [1.82, 2.24) is 25.1 Å². The average molecular weight is 345 g/mol. The molecule has 2 aliphatic heterocycles. The lowest BCUT2D eigenvalue weighted by Gasteiger charge is -2.42. The van der Waals surface area contributed by atoms with Gasteiger partial charge in [0.25, 0.3) is 0 Å². The Morgan fingerprint density at radius 2 is 2.00 bits per heavy atom. The molecule has 3 aliphatic rings. The second-order valence-electron chi connectivity index (χ2n) is 7.40. The van der Waals surface area contributed by atoms with Crippen LogP contribution in [0.4, 0.5) is 4.79 Å². The minimum Gasteiger partial charge on any atom is -0.310 e. The molecule has 1 aromatic heterocycles. The molecule has 2 bridgehead atoms. The Labute approximate surface area is 148 Å². The largest absolute Gasteiger partial charge is 0.344 e. The zero-order valence-electron chi connectivity index (χ0n) is 14.6. The second-order valence-corrected chi connectivity index (χ2v) is 7.40. The van der Waals surface area contributed by atoms with Crippen molar-refractivity contribution in [3.05, 3.63) is 24.8 Å². The molecule has 3 fully saturated rings. The lowest BCUT2D eigenvalue weighted by molar-refractivity contribution is -0.134. The molecule has 1 aliphatic carbocycles. The number of urea groups is 1. The van der Waals surface area contributed by atoms with Gasteiger partial charge in [-0.05, 0) is 24.7 Å². The molecule has 0 spiro atoms. The maximum Gasteiger partial charge on any atom is 0.344 e. The summed E-state index contributed by atoms with van der Waals surface area (Å²) in [6, 6.07) is 0.0687. The number of piperidine rings is 1. The molecule has 136 valence electrons. The van der Waals surface area contributed by atoms with Gasteiger partial charge in [0.15, 0.2) is 0 Å². The number of rotatable bonds is 4. The number of carbonyl (C=O) groups is 1. The summed E-state index contributed by atoms with van der Waals surface area (Å²) in [5.41, 5.74) is 0. The average Bonchev–Trinajstić information content (AvgIpc) is 3.25. The molecule has 4 unspecified atom stereocenters. The zero-order chi connectivity index (χ0) is 17.2. The van der Waals surface area contributed by atoms with E-state index in [9.17, 15) is 4.79 Å². The number of aromatic nitrogens is 3. The first-order chi connectivity index (χ1) is 12.3. The predicted molar refractivity (Wildman–Crippen MR) is 92.3 cm³/mol. The summed E-state index contributed by atoms with van der Waals surface area (Å²) in [6.07, 6.45) is 11.8. The Morgan fingerprint density at radius 3 is 2.72 bits per heavy atom. The van der Waals surface area contributed by atoms with Crippen LogP contribution in [0.5, 0.6) is 0 Å². The van der Waals surface area contributed by atoms with Gasteiger partial charge in [-0.2, -0.15) is 10.2 Å². The van der Waals surface area contributed by atoms with Crippen LogP contribution in [0.1, 0.15) is 56.8 Å². The minimum atomic E-state index is -0.0437. The molecule has 1 N–H and O–H groups in total. The van der Waals surface area contributed by atoms with Crippen molar-refractivity contribution in [3.63, 3.8) is 0 Å². The van der Waals surface area contributed by atoms with Crippen LogP contribution in [0.2, 0.25) is 0 Å². The maximum absolute atomic E-state index is 13.0. The number of hydrogen-bond acceptors (Lipinski definition) is 4. The molecule has 1 aromatic rings. The third kappa shape index (κ3) is 2.94. The van der Waals surface area contributed by atoms with Gasteiger partial charge in [-0.3, -0.25) is 9.94 Å². The first-order valence-electron chi connectivity index (χ1n) is 9.50. The molecule has 25 heavy (non-hydrogen) atoms. The predicted octanol–water partition coefficient (Wildman–Crippen LogP) is 3.06. The Kier molecular flexibility index (Phi) is 4.74. The maximum atomic E-state index is 13.0. The molecule has 0 radical (unpaired) electrons. The van der Waals surface area contributed by atoms with Gasteiger partial charge in [0, 0.05) is 6.54 Å². The fourth-order valence-corrected chi connectivity index (χ4v) is 4.98. The topological polar surface area (TPSA) is 74.3 Å². The van der Waals surface area contributed by atoms with Gasteiger partial charge in [0.1, 0.15) is 12.2 Å². The van der Waals surface area contributed by atoms with E-state index < -0.39 is 0 Å². The van der Waals surface area contributed by atoms with Gasteiger partial charge in [0.05, 0.1) is 18.7 Å². The van der Waals surface area contributed by atoms with E-state index in [4.69, 9.17) is 4.84 Å². The molecule has 2 saturated heterocycles. The Hall–Kier alpha value is -1.89. The summed E-state index contributed by atoms with van der Waals surface area (Å²) in [5.74, 6) is 1.67. The van der Waals surface area contributed by atoms with Crippen molar-refractivity contribution in [3.8, 4) is 0 Å². The van der Waals surface area contributed by atoms with E-state index in [0.29, 0.717) is 25.0 Å². The summed E-state index contributed by atoms with van der Waals surface area (Å²) in [6.45, 7) is 4.78. The summed E-state index contributed by atoms with van der Waals surface area (Å²) < 4.78 is 0. The van der Waals surface area contributed by atoms with Crippen LogP contribution in [0.3, 0.4) is 0 Å². The first-order valence-corrected chi connectivity index (χ1v) is 9.50. The van der Waals surface area contributed by atoms with Crippen LogP contribution in [-0.4, -0.2) is 50.4 Å². The number of hydroxylamine groups is 2. The highest BCUT2D eigenvalue weighted by Gasteiger charge is 2.55. The van der Waals surface area contributed by atoms with Crippen LogP contribution in [0, 0.1) is 11.8 Å². The van der Waals surface area contributed by atoms with Crippen molar-refractivity contribution in [2.45, 2.75) is 57.0 Å². The van der Waals surface area contributed by atoms with Crippen LogP contribution in [0.15, 0.2) is 19.0 Å². The van der Waals surface area contributed by atoms with Crippen LogP contribution >= 0.6 is 0 Å². The summed E-state index contributed by atoms with van der Waals surface area (Å²) >= 11 is 0. The van der Waals surface area contributed by atoms with Crippen molar-refractivity contribution in [2.75, 3.05) is 13.2 Å². The number of nitrogens with one attached hydrogen (secondary N) is 1. The molecule has 4 atom stereocenters. The van der Waals surface area contributed by atoms with E-state index in [2.05, 4.69) is 21.8 Å². The fourth-order valence-electron chi connectivity index (χ4n) is 4.98. The monoisotopic (exact) mass is 345 g/mol. The van der Waals surface area contributed by atoms with E-state index in [1.807, 2.05) is 4.90 Å². The number of H-pyrrole nitrogens is 1. The van der Waals surface area contributed by atoms with Crippen molar-refractivity contribution < 1.29 is 9.63 Å². The summed E-state index contributed by atoms with van der Waals surface area (Å²) in [4.78, 5) is 25.1. The molecule has 1 saturated carbocycles. The number of carbonyl (C=O) groups excluding carboxylic acids is 1. The number of nitrogens with zero attached hydrogens (tertiary/aromatic N) is 4. The van der Waals surface area contributed by atoms with Crippen LogP contribution in [-0.2, 0) is 4.84 Å². The number of aromatic amines is 1. The van der Waals surface area contributed by atoms with Crippen molar-refractivity contribution in [1.29, 1.82) is 0 Å². The zero-order valence-corrected chi connectivity index (χ0v) is 14.6. The third-order valence-corrected chi connectivity index (χ3v) is 6.02. The smallest absolute Gasteiger partial charge is 0.310 e. The van der Waals surface area contributed by atoms with Gasteiger partial charge in [-0.1, -0.05) is 38.2 Å². The number of fused-ring (bicyclic) bond motifs is 4. The van der Waals surface area contributed by atoms with E-state index in [0.717, 1.165) is 18.7 Å². The SMILES string of the molecule is C=CCON1C(=O)N2CC1C1CCCCCCCC1C2c1ncn[nH]1. The third-order valence-electron chi connectivity index (χ3n) is 6.02. The highest BCUT2D eigenvalue weighted by Crippen LogP contribution is 2.49. The van der Waals surface area contributed by atoms with E-state index in [-0.39, 0.29) is 18.1 Å². The molecule has 0 aromatic carbocycles. The number of hydrogen-bond donors (Lipinski definition) is 1. The van der Waals surface area contributed by atoms with Crippen LogP contribution < -0.4 is 0 Å². The van der Waals surface area contributed by atoms with Crippen LogP contribution in [0.25, 0.3) is 0 Å². The van der Waals surface area contributed by atoms with Gasteiger partial charge in [-0.25, -0.2) is 9.78 Å². The normalized spacial score (nSPS) is 32.7. The molecule has 4 rings (SSSR count). The molecule has 3 heterocycles. The standard InChI is InChI=1S/C18H27N5O2/c1-2-10-25-23-15-11-22(18(23)24)16(17-19-12-20-21-17)14-9-7-5-3-4-6-8-13(14)15/h2,12-16H,1,3-11H2,(H,19,20,21). The van der Waals surface area contributed by atoms with Crippen molar-refractivity contribution >= 4 is 6.03 Å². The first kappa shape index (κ1) is 16.6. The summed E-state index contributed by atoms with van der Waals surface area (Å²) in [5, 5.41) is 8.68. The Morgan fingerprint density at radius 1 is 1.24 bits per heavy atom. The quantitative estimate of drug-likeness (QED) is 0.851. The molecule has 7 heteroatoms. The molecule has 2 amide bonds. The second kappa shape index (κ2) is 7.15. The van der Waals surface area contributed by atoms with Crippen molar-refractivity contribution in [2.24, 2.45) is 11.8 Å². The van der Waals surface area contributed by atoms with Gasteiger partial charge < -0.3 is 4.90 Å². The van der Waals surface area contributed by atoms with Gasteiger partial charge in [-0.15, -0.1) is 6.58 Å². The summed E-state index contributed by atoms with van der Waals surface area (Å²) in [7, 11) is 0. The van der Waals surface area contributed by atoms with Gasteiger partial charge in [0.2, 0.25) is 0 Å². The van der Waals surface area contributed by atoms with E-state index >= 15 is 0 Å². The highest BCUT2D eigenvalue weighted by atomic mass is 16.7. The molecular weight excluding hydrogens is 318 g/mol. The minimum absolute atomic E-state index is 0.0216.